The molecule has 0 fully saturated rings. The fourth-order valence-corrected chi connectivity index (χ4v) is 3.28. The van der Waals surface area contributed by atoms with Gasteiger partial charge in [-0.1, -0.05) is 36.4 Å². The molecular weight excluding hydrogens is 326 g/mol. The maximum absolute atomic E-state index is 11.0. The molecule has 1 heterocycles. The van der Waals surface area contributed by atoms with Crippen molar-refractivity contribution in [2.45, 2.75) is 6.10 Å². The number of methoxy groups -OCH3 is 2. The van der Waals surface area contributed by atoms with Gasteiger partial charge in [0.05, 0.1) is 19.9 Å². The molecule has 0 aliphatic carbocycles. The van der Waals surface area contributed by atoms with Gasteiger partial charge in [0.25, 0.3) is 0 Å². The summed E-state index contributed by atoms with van der Waals surface area (Å²) in [5.41, 5.74) is 1.40. The predicted octanol–water partition coefficient (Wildman–Crippen LogP) is 4.49. The van der Waals surface area contributed by atoms with Crippen molar-refractivity contribution < 1.29 is 14.6 Å². The number of hydrogen-bond donors (Lipinski definition) is 1. The summed E-state index contributed by atoms with van der Waals surface area (Å²) in [4.78, 5) is 4.45. The Bertz CT molecular complexity index is 1090. The molecule has 0 saturated heterocycles. The molecule has 26 heavy (non-hydrogen) atoms. The third-order valence-electron chi connectivity index (χ3n) is 4.65. The molecule has 0 radical (unpaired) electrons. The molecule has 0 spiro atoms. The quantitative estimate of drug-likeness (QED) is 0.592. The Morgan fingerprint density at radius 3 is 2.31 bits per heavy atom. The van der Waals surface area contributed by atoms with Crippen molar-refractivity contribution in [3.63, 3.8) is 0 Å². The molecule has 0 amide bonds. The first-order valence-corrected chi connectivity index (χ1v) is 8.38. The average molecular weight is 345 g/mol. The zero-order valence-electron chi connectivity index (χ0n) is 14.6. The van der Waals surface area contributed by atoms with Crippen molar-refractivity contribution in [1.29, 1.82) is 0 Å². The molecule has 0 aliphatic heterocycles. The highest BCUT2D eigenvalue weighted by atomic mass is 16.5. The molecule has 0 saturated carbocycles. The lowest BCUT2D eigenvalue weighted by Crippen LogP contribution is -2.04. The van der Waals surface area contributed by atoms with Gasteiger partial charge in [0.2, 0.25) is 0 Å². The van der Waals surface area contributed by atoms with Crippen molar-refractivity contribution in [1.82, 2.24) is 4.98 Å². The third kappa shape index (κ3) is 2.74. The van der Waals surface area contributed by atoms with E-state index in [1.807, 2.05) is 54.6 Å². The van der Waals surface area contributed by atoms with Gasteiger partial charge < -0.3 is 14.6 Å². The molecule has 1 aromatic heterocycles. The second kappa shape index (κ2) is 6.65. The fourth-order valence-electron chi connectivity index (χ4n) is 3.28. The van der Waals surface area contributed by atoms with Gasteiger partial charge in [0.1, 0.15) is 6.10 Å². The Kier molecular flexibility index (Phi) is 4.19. The van der Waals surface area contributed by atoms with Crippen molar-refractivity contribution in [3.8, 4) is 11.5 Å². The summed E-state index contributed by atoms with van der Waals surface area (Å²) in [6.45, 7) is 0. The van der Waals surface area contributed by atoms with Crippen molar-refractivity contribution in [2.24, 2.45) is 0 Å². The molecule has 0 bridgehead atoms. The van der Waals surface area contributed by atoms with E-state index >= 15 is 0 Å². The van der Waals surface area contributed by atoms with Crippen LogP contribution in [0.4, 0.5) is 0 Å². The highest BCUT2D eigenvalue weighted by Gasteiger charge is 2.17. The minimum atomic E-state index is -0.832. The molecule has 4 heteroatoms. The summed E-state index contributed by atoms with van der Waals surface area (Å²) >= 11 is 0. The number of ether oxygens (including phenoxy) is 2. The Hall–Kier alpha value is -3.11. The van der Waals surface area contributed by atoms with E-state index < -0.39 is 6.10 Å². The van der Waals surface area contributed by atoms with Gasteiger partial charge in [-0.15, -0.1) is 0 Å². The van der Waals surface area contributed by atoms with E-state index in [2.05, 4.69) is 11.1 Å². The minimum Gasteiger partial charge on any atom is -0.493 e. The van der Waals surface area contributed by atoms with Crippen LogP contribution >= 0.6 is 0 Å². The van der Waals surface area contributed by atoms with E-state index in [0.717, 1.165) is 27.1 Å². The number of rotatable bonds is 4. The zero-order valence-corrected chi connectivity index (χ0v) is 14.6. The van der Waals surface area contributed by atoms with Crippen LogP contribution in [0.15, 0.2) is 66.9 Å². The van der Waals surface area contributed by atoms with Crippen LogP contribution in [0.25, 0.3) is 21.5 Å². The lowest BCUT2D eigenvalue weighted by molar-refractivity contribution is 0.217. The fraction of sp³-hybridized carbons (Fsp3) is 0.136. The van der Waals surface area contributed by atoms with Crippen molar-refractivity contribution in [3.05, 3.63) is 78.1 Å². The van der Waals surface area contributed by atoms with Crippen LogP contribution in [0.3, 0.4) is 0 Å². The number of fused-ring (bicyclic) bond motifs is 2. The van der Waals surface area contributed by atoms with E-state index in [9.17, 15) is 5.11 Å². The van der Waals surface area contributed by atoms with Gasteiger partial charge in [0.15, 0.2) is 11.5 Å². The normalized spacial score (nSPS) is 12.3. The highest BCUT2D eigenvalue weighted by molar-refractivity contribution is 5.89. The molecule has 4 nitrogen and oxygen atoms in total. The van der Waals surface area contributed by atoms with E-state index in [1.165, 1.54) is 0 Å². The van der Waals surface area contributed by atoms with Gasteiger partial charge in [-0.2, -0.15) is 0 Å². The lowest BCUT2D eigenvalue weighted by atomic mass is 9.98. The van der Waals surface area contributed by atoms with Gasteiger partial charge >= 0.3 is 0 Å². The second-order valence-electron chi connectivity index (χ2n) is 6.13. The average Bonchev–Trinajstić information content (AvgIpc) is 2.71. The summed E-state index contributed by atoms with van der Waals surface area (Å²) in [5, 5.41) is 15.0. The number of hydrogen-bond acceptors (Lipinski definition) is 4. The lowest BCUT2D eigenvalue weighted by Gasteiger charge is -2.16. The van der Waals surface area contributed by atoms with Gasteiger partial charge in [-0.25, -0.2) is 0 Å². The van der Waals surface area contributed by atoms with Crippen LogP contribution in [-0.4, -0.2) is 24.3 Å². The molecule has 1 unspecified atom stereocenters. The topological polar surface area (TPSA) is 51.6 Å². The van der Waals surface area contributed by atoms with Crippen LogP contribution in [0.2, 0.25) is 0 Å². The molecule has 0 aliphatic rings. The number of benzene rings is 3. The molecule has 3 aromatic carbocycles. The predicted molar refractivity (Wildman–Crippen MR) is 103 cm³/mol. The van der Waals surface area contributed by atoms with Crippen LogP contribution in [0, 0.1) is 0 Å². The molecular formula is C22H19NO3. The standard InChI is InChI=1S/C22H19NO3/c1-25-19-12-16-9-10-23-21(18(16)13-20(19)26-2)22(24)17-8-7-14-5-3-4-6-15(14)11-17/h3-13,22,24H,1-2H3. The zero-order chi connectivity index (χ0) is 18.1. The van der Waals surface area contributed by atoms with Crippen LogP contribution in [0.5, 0.6) is 11.5 Å². The van der Waals surface area contributed by atoms with Gasteiger partial charge in [0, 0.05) is 11.6 Å². The van der Waals surface area contributed by atoms with E-state index in [1.54, 1.807) is 20.4 Å². The van der Waals surface area contributed by atoms with Crippen LogP contribution in [-0.2, 0) is 0 Å². The third-order valence-corrected chi connectivity index (χ3v) is 4.65. The minimum absolute atomic E-state index is 0.596. The number of nitrogens with zero attached hydrogens (tertiary/aromatic N) is 1. The van der Waals surface area contributed by atoms with E-state index in [-0.39, 0.29) is 0 Å². The number of aliphatic hydroxyl groups excluding tert-OH is 1. The summed E-state index contributed by atoms with van der Waals surface area (Å²) in [6.07, 6.45) is 0.870. The first-order valence-electron chi connectivity index (χ1n) is 8.38. The molecule has 4 aromatic rings. The Labute approximate surface area is 151 Å². The number of aromatic nitrogens is 1. The molecule has 130 valence electrons. The smallest absolute Gasteiger partial charge is 0.161 e. The van der Waals surface area contributed by atoms with Gasteiger partial charge in [-0.05, 0) is 46.0 Å². The SMILES string of the molecule is COc1cc2ccnc(C(O)c3ccc4ccccc4c3)c2cc1OC. The largest absolute Gasteiger partial charge is 0.493 e. The first-order chi connectivity index (χ1) is 12.7. The highest BCUT2D eigenvalue weighted by Crippen LogP contribution is 2.36. The van der Waals surface area contributed by atoms with Crippen LogP contribution < -0.4 is 9.47 Å². The summed E-state index contributed by atoms with van der Waals surface area (Å²) in [5.74, 6) is 1.26. The second-order valence-corrected chi connectivity index (χ2v) is 6.13. The summed E-state index contributed by atoms with van der Waals surface area (Å²) in [6, 6.07) is 19.7. The van der Waals surface area contributed by atoms with Crippen molar-refractivity contribution in [2.75, 3.05) is 14.2 Å². The maximum atomic E-state index is 11.0. The molecule has 1 N–H and O–H groups in total. The summed E-state index contributed by atoms with van der Waals surface area (Å²) < 4.78 is 10.8. The Morgan fingerprint density at radius 1 is 0.808 bits per heavy atom. The van der Waals surface area contributed by atoms with Crippen molar-refractivity contribution >= 4 is 21.5 Å². The van der Waals surface area contributed by atoms with Crippen LogP contribution in [0.1, 0.15) is 17.4 Å². The number of aliphatic hydroxyl groups is 1. The summed E-state index contributed by atoms with van der Waals surface area (Å²) in [7, 11) is 3.20. The Balaban J connectivity index is 1.86. The van der Waals surface area contributed by atoms with Gasteiger partial charge in [-0.3, -0.25) is 4.98 Å². The monoisotopic (exact) mass is 345 g/mol. The molecule has 1 atom stereocenters. The number of pyridine rings is 1. The van der Waals surface area contributed by atoms with E-state index in [0.29, 0.717) is 17.2 Å². The maximum Gasteiger partial charge on any atom is 0.161 e. The van der Waals surface area contributed by atoms with E-state index in [4.69, 9.17) is 9.47 Å². The molecule has 4 rings (SSSR count). The Morgan fingerprint density at radius 2 is 1.54 bits per heavy atom. The first kappa shape index (κ1) is 16.4.